The molecule has 0 bridgehead atoms. The summed E-state index contributed by atoms with van der Waals surface area (Å²) in [7, 11) is 0. The first-order valence-corrected chi connectivity index (χ1v) is 6.03. The average Bonchev–Trinajstić information content (AvgIpc) is 2.87. The lowest BCUT2D eigenvalue weighted by molar-refractivity contribution is 0.0767. The summed E-state index contributed by atoms with van der Waals surface area (Å²) in [6.07, 6.45) is 5.79. The molecule has 1 aliphatic rings. The smallest absolute Gasteiger partial charge is 0.0518 e. The largest absolute Gasteiger partial charge is 0.379 e. The molecule has 2 heteroatoms. The quantitative estimate of drug-likeness (QED) is 0.607. The lowest BCUT2D eigenvalue weighted by Crippen LogP contribution is -2.28. The molecule has 0 saturated heterocycles. The first-order valence-electron chi connectivity index (χ1n) is 6.03. The van der Waals surface area contributed by atoms with Crippen molar-refractivity contribution in [3.63, 3.8) is 0 Å². The molecule has 2 nitrogen and oxygen atoms in total. The van der Waals surface area contributed by atoms with E-state index >= 15 is 0 Å². The maximum atomic E-state index is 5.48. The van der Waals surface area contributed by atoms with Crippen molar-refractivity contribution in [1.82, 2.24) is 5.32 Å². The van der Waals surface area contributed by atoms with Crippen molar-refractivity contribution < 1.29 is 4.74 Å². The van der Waals surface area contributed by atoms with E-state index in [2.05, 4.69) is 26.1 Å². The second kappa shape index (κ2) is 6.41. The Labute approximate surface area is 88.4 Å². The molecule has 1 saturated carbocycles. The Morgan fingerprint density at radius 2 is 2.00 bits per heavy atom. The topological polar surface area (TPSA) is 21.3 Å². The molecule has 0 heterocycles. The summed E-state index contributed by atoms with van der Waals surface area (Å²) in [5.41, 5.74) is 0. The van der Waals surface area contributed by atoms with Gasteiger partial charge < -0.3 is 10.1 Å². The number of ether oxygens (including phenoxy) is 1. The zero-order chi connectivity index (χ0) is 10.4. The predicted octanol–water partition coefficient (Wildman–Crippen LogP) is 2.58. The molecule has 0 aliphatic heterocycles. The summed E-state index contributed by atoms with van der Waals surface area (Å²) in [5, 5.41) is 3.55. The average molecular weight is 199 g/mol. The Bertz CT molecular complexity index is 143. The van der Waals surface area contributed by atoms with Gasteiger partial charge in [-0.3, -0.25) is 0 Å². The van der Waals surface area contributed by atoms with Crippen molar-refractivity contribution in [3.05, 3.63) is 0 Å². The highest BCUT2D eigenvalue weighted by molar-refractivity contribution is 4.77. The van der Waals surface area contributed by atoms with Gasteiger partial charge in [0.2, 0.25) is 0 Å². The van der Waals surface area contributed by atoms with E-state index in [-0.39, 0.29) is 0 Å². The van der Waals surface area contributed by atoms with E-state index < -0.39 is 0 Å². The van der Waals surface area contributed by atoms with Crippen molar-refractivity contribution in [2.75, 3.05) is 13.2 Å². The minimum absolute atomic E-state index is 0.374. The van der Waals surface area contributed by atoms with Crippen LogP contribution in [-0.2, 0) is 4.74 Å². The zero-order valence-electron chi connectivity index (χ0n) is 9.88. The Morgan fingerprint density at radius 1 is 1.29 bits per heavy atom. The molecule has 84 valence electrons. The standard InChI is InChI=1S/C12H25NO/c1-10(2)14-8-4-7-13-11(3)9-12-5-6-12/h10-13H,4-9H2,1-3H3. The normalized spacial score (nSPS) is 18.9. The van der Waals surface area contributed by atoms with Gasteiger partial charge in [-0.15, -0.1) is 0 Å². The molecule has 1 unspecified atom stereocenters. The monoisotopic (exact) mass is 199 g/mol. The molecule has 0 aromatic heterocycles. The predicted molar refractivity (Wildman–Crippen MR) is 60.5 cm³/mol. The molecule has 0 spiro atoms. The lowest BCUT2D eigenvalue weighted by Gasteiger charge is -2.13. The molecule has 0 aromatic rings. The summed E-state index contributed by atoms with van der Waals surface area (Å²) in [6, 6.07) is 0.696. The third-order valence-electron chi connectivity index (χ3n) is 2.65. The van der Waals surface area contributed by atoms with E-state index in [0.717, 1.165) is 25.5 Å². The van der Waals surface area contributed by atoms with Crippen LogP contribution in [0.4, 0.5) is 0 Å². The van der Waals surface area contributed by atoms with Gasteiger partial charge in [-0.05, 0) is 46.1 Å². The molecule has 1 aliphatic carbocycles. The van der Waals surface area contributed by atoms with Crippen molar-refractivity contribution in [2.45, 2.75) is 58.6 Å². The van der Waals surface area contributed by atoms with Gasteiger partial charge in [-0.2, -0.15) is 0 Å². The van der Waals surface area contributed by atoms with Gasteiger partial charge in [0, 0.05) is 12.6 Å². The number of hydrogen-bond acceptors (Lipinski definition) is 2. The van der Waals surface area contributed by atoms with Crippen molar-refractivity contribution in [3.8, 4) is 0 Å². The molecule has 0 radical (unpaired) electrons. The van der Waals surface area contributed by atoms with E-state index in [4.69, 9.17) is 4.74 Å². The molecule has 0 amide bonds. The number of nitrogens with one attached hydrogen (secondary N) is 1. The fraction of sp³-hybridized carbons (Fsp3) is 1.00. The van der Waals surface area contributed by atoms with Crippen LogP contribution < -0.4 is 5.32 Å². The molecule has 1 N–H and O–H groups in total. The Balaban J connectivity index is 1.82. The van der Waals surface area contributed by atoms with E-state index in [1.807, 2.05) is 0 Å². The molecule has 1 atom stereocenters. The maximum absolute atomic E-state index is 5.48. The van der Waals surface area contributed by atoms with Gasteiger partial charge in [-0.1, -0.05) is 12.8 Å². The number of hydrogen-bond donors (Lipinski definition) is 1. The fourth-order valence-electron chi connectivity index (χ4n) is 1.68. The van der Waals surface area contributed by atoms with Crippen LogP contribution in [-0.4, -0.2) is 25.3 Å². The molecule has 1 fully saturated rings. The molecule has 14 heavy (non-hydrogen) atoms. The second-order valence-electron chi connectivity index (χ2n) is 4.81. The van der Waals surface area contributed by atoms with Crippen LogP contribution in [0.3, 0.4) is 0 Å². The van der Waals surface area contributed by atoms with Crippen LogP contribution >= 0.6 is 0 Å². The van der Waals surface area contributed by atoms with Crippen molar-refractivity contribution in [1.29, 1.82) is 0 Å². The first-order chi connectivity index (χ1) is 6.68. The molecule has 0 aromatic carbocycles. The van der Waals surface area contributed by atoms with Gasteiger partial charge in [0.15, 0.2) is 0 Å². The van der Waals surface area contributed by atoms with Gasteiger partial charge in [-0.25, -0.2) is 0 Å². The summed E-state index contributed by atoms with van der Waals surface area (Å²) < 4.78 is 5.48. The third-order valence-corrected chi connectivity index (χ3v) is 2.65. The zero-order valence-corrected chi connectivity index (χ0v) is 9.88. The summed E-state index contributed by atoms with van der Waals surface area (Å²) in [5.74, 6) is 1.03. The Morgan fingerprint density at radius 3 is 2.57 bits per heavy atom. The summed E-state index contributed by atoms with van der Waals surface area (Å²) in [6.45, 7) is 8.45. The first kappa shape index (κ1) is 12.0. The Kier molecular flexibility index (Phi) is 5.49. The van der Waals surface area contributed by atoms with Gasteiger partial charge in [0.05, 0.1) is 6.10 Å². The molecular formula is C12H25NO. The lowest BCUT2D eigenvalue weighted by atomic mass is 10.1. The van der Waals surface area contributed by atoms with Crippen LogP contribution in [0.15, 0.2) is 0 Å². The fourth-order valence-corrected chi connectivity index (χ4v) is 1.68. The highest BCUT2D eigenvalue weighted by Crippen LogP contribution is 2.33. The van der Waals surface area contributed by atoms with Crippen LogP contribution in [0.25, 0.3) is 0 Å². The van der Waals surface area contributed by atoms with Crippen LogP contribution in [0.2, 0.25) is 0 Å². The number of rotatable bonds is 8. The SMILES string of the molecule is CC(CC1CC1)NCCCOC(C)C. The van der Waals surface area contributed by atoms with Crippen LogP contribution in [0, 0.1) is 5.92 Å². The minimum Gasteiger partial charge on any atom is -0.379 e. The summed E-state index contributed by atoms with van der Waals surface area (Å²) in [4.78, 5) is 0. The van der Waals surface area contributed by atoms with Crippen molar-refractivity contribution >= 4 is 0 Å². The van der Waals surface area contributed by atoms with E-state index in [0.29, 0.717) is 12.1 Å². The van der Waals surface area contributed by atoms with E-state index in [1.54, 1.807) is 0 Å². The van der Waals surface area contributed by atoms with Crippen molar-refractivity contribution in [2.24, 2.45) is 5.92 Å². The molecule has 1 rings (SSSR count). The second-order valence-corrected chi connectivity index (χ2v) is 4.81. The van der Waals surface area contributed by atoms with Crippen LogP contribution in [0.5, 0.6) is 0 Å². The van der Waals surface area contributed by atoms with Gasteiger partial charge in [0.1, 0.15) is 0 Å². The Hall–Kier alpha value is -0.0800. The van der Waals surface area contributed by atoms with E-state index in [9.17, 15) is 0 Å². The van der Waals surface area contributed by atoms with Crippen LogP contribution in [0.1, 0.15) is 46.5 Å². The molecular weight excluding hydrogens is 174 g/mol. The minimum atomic E-state index is 0.374. The summed E-state index contributed by atoms with van der Waals surface area (Å²) >= 11 is 0. The highest BCUT2D eigenvalue weighted by atomic mass is 16.5. The maximum Gasteiger partial charge on any atom is 0.0518 e. The van der Waals surface area contributed by atoms with Gasteiger partial charge >= 0.3 is 0 Å². The third kappa shape index (κ3) is 6.39. The highest BCUT2D eigenvalue weighted by Gasteiger charge is 2.22. The van der Waals surface area contributed by atoms with E-state index in [1.165, 1.54) is 19.3 Å². The van der Waals surface area contributed by atoms with Gasteiger partial charge in [0.25, 0.3) is 0 Å².